The molecular weight excluding hydrogens is 281 g/mol. The molecule has 0 radical (unpaired) electrons. The monoisotopic (exact) mass is 302 g/mol. The molecule has 0 amide bonds. The third-order valence-electron chi connectivity index (χ3n) is 2.74. The van der Waals surface area contributed by atoms with Crippen molar-refractivity contribution in [3.05, 3.63) is 0 Å². The highest BCUT2D eigenvalue weighted by Crippen LogP contribution is 1.86. The molecule has 0 N–H and O–H groups in total. The molecule has 0 saturated heterocycles. The van der Waals surface area contributed by atoms with Crippen LogP contribution in [0.15, 0.2) is 0 Å². The highest BCUT2D eigenvalue weighted by atomic mass is 30.3. The molecule has 0 nitrogen and oxygen atoms in total. The summed E-state index contributed by atoms with van der Waals surface area (Å²) in [5.74, 6) is 0. The van der Waals surface area contributed by atoms with Gasteiger partial charge in [0, 0.05) is 0 Å². The minimum atomic E-state index is -0.00396. The van der Waals surface area contributed by atoms with E-state index in [0.717, 1.165) is 25.7 Å². The van der Waals surface area contributed by atoms with Gasteiger partial charge in [-0.05, 0) is 88.0 Å². The van der Waals surface area contributed by atoms with E-state index in [9.17, 15) is 0 Å². The predicted molar refractivity (Wildman–Crippen MR) is 88.2 cm³/mol. The summed E-state index contributed by atoms with van der Waals surface area (Å²) in [6, 6.07) is 0. The second-order valence-corrected chi connectivity index (χ2v) is 115. The van der Waals surface area contributed by atoms with E-state index in [0.29, 0.717) is 0 Å². The van der Waals surface area contributed by atoms with Crippen LogP contribution >= 0.6 is 0 Å². The van der Waals surface area contributed by atoms with Crippen molar-refractivity contribution in [2.75, 3.05) is 0 Å². The molecule has 0 bridgehead atoms. The zero-order chi connectivity index (χ0) is 8.20. The van der Waals surface area contributed by atoms with Gasteiger partial charge in [-0.2, -0.15) is 0 Å². The Labute approximate surface area is 87.4 Å². The van der Waals surface area contributed by atoms with E-state index < -0.39 is 0 Å². The first-order valence-corrected chi connectivity index (χ1v) is 40.5. The summed E-state index contributed by atoms with van der Waals surface area (Å²) in [5, 5.41) is 0. The Balaban J connectivity index is 3.63. The summed E-state index contributed by atoms with van der Waals surface area (Å²) in [6.07, 6.45) is -0.00396. The van der Waals surface area contributed by atoms with Gasteiger partial charge in [-0.3, -0.25) is 0 Å². The summed E-state index contributed by atoms with van der Waals surface area (Å²) in [4.78, 5) is 0. The molecule has 0 atom stereocenters. The average molecular weight is 303 g/mol. The Morgan fingerprint density at radius 1 is 1.20 bits per heavy atom. The lowest BCUT2D eigenvalue weighted by Gasteiger charge is -2.25. The zero-order valence-corrected chi connectivity index (χ0v) is 24.6. The van der Waals surface area contributed by atoms with Gasteiger partial charge in [0.2, 0.25) is 0 Å². The molecule has 0 aromatic rings. The molecule has 0 aliphatic rings. The standard InChI is InChI=1S/H22Si10/c1-6-7-8-10(4,5)9(2)3/h9H,6-8H2,1-5H3. The summed E-state index contributed by atoms with van der Waals surface area (Å²) in [6.45, 7) is 0. The lowest BCUT2D eigenvalue weighted by molar-refractivity contribution is 3.51. The summed E-state index contributed by atoms with van der Waals surface area (Å²) in [7, 11) is 11.5. The Morgan fingerprint density at radius 3 is 2.00 bits per heavy atom. The van der Waals surface area contributed by atoms with Crippen molar-refractivity contribution in [3.63, 3.8) is 0 Å². The molecule has 10 heteroatoms. The van der Waals surface area contributed by atoms with Crippen LogP contribution in [0.3, 0.4) is 0 Å². The number of hydrogen-bond acceptors (Lipinski definition) is 0. The molecule has 0 spiro atoms. The van der Waals surface area contributed by atoms with Crippen LogP contribution in [-0.4, -0.2) is 88.0 Å². The average Bonchev–Trinajstić information content (AvgIpc) is 1.84. The molecule has 0 rings (SSSR count). The molecule has 0 aromatic heterocycles. The van der Waals surface area contributed by atoms with Crippen molar-refractivity contribution >= 4 is 88.0 Å². The number of hydrogen-bond donors (Lipinski definition) is 0. The molecule has 0 unspecified atom stereocenters. The minimum absolute atomic E-state index is 0.00396. The second-order valence-electron chi connectivity index (χ2n) is 4.25. The van der Waals surface area contributed by atoms with Gasteiger partial charge in [-0.25, -0.2) is 0 Å². The fourth-order valence-corrected chi connectivity index (χ4v) is 224. The van der Waals surface area contributed by atoms with Crippen LogP contribution in [-0.2, 0) is 0 Å². The SMILES string of the molecule is [SiH3][SiH2][SiH2][SiH2][Si]([SiH3])([SiH3])[SiH]([SiH3])[SiH3]. The molecule has 0 heterocycles. The Hall–Kier alpha value is 2.17. The summed E-state index contributed by atoms with van der Waals surface area (Å²) in [5.41, 5.74) is 0. The van der Waals surface area contributed by atoms with Gasteiger partial charge in [0.15, 0.2) is 0 Å². The van der Waals surface area contributed by atoms with E-state index in [2.05, 4.69) is 0 Å². The van der Waals surface area contributed by atoms with E-state index in [1.165, 1.54) is 0 Å². The quantitative estimate of drug-likeness (QED) is 0.453. The van der Waals surface area contributed by atoms with E-state index in [-0.39, 0.29) is 13.5 Å². The zero-order valence-electron chi connectivity index (χ0n) is 8.20. The third-order valence-corrected chi connectivity index (χ3v) is 222. The van der Waals surface area contributed by atoms with Crippen LogP contribution in [0.25, 0.3) is 0 Å². The van der Waals surface area contributed by atoms with Gasteiger partial charge in [-0.15, -0.1) is 0 Å². The van der Waals surface area contributed by atoms with Crippen LogP contribution in [0.2, 0.25) is 0 Å². The predicted octanol–water partition coefficient (Wildman–Crippen LogP) is -9.70. The Morgan fingerprint density at radius 2 is 1.70 bits per heavy atom. The fourth-order valence-electron chi connectivity index (χ4n) is 0.921. The van der Waals surface area contributed by atoms with Gasteiger partial charge in [0.25, 0.3) is 0 Å². The van der Waals surface area contributed by atoms with Gasteiger partial charge in [0.1, 0.15) is 0 Å². The molecule has 0 fully saturated rings. The Kier molecular flexibility index (Phi) is 7.00. The van der Waals surface area contributed by atoms with Crippen LogP contribution in [0.4, 0.5) is 0 Å². The van der Waals surface area contributed by atoms with Crippen LogP contribution < -0.4 is 0 Å². The topological polar surface area (TPSA) is 0 Å². The first-order valence-electron chi connectivity index (χ1n) is 4.50. The van der Waals surface area contributed by atoms with E-state index >= 15 is 0 Å². The molecule has 62 valence electrons. The lowest BCUT2D eigenvalue weighted by atomic mass is 25.8. The highest BCUT2D eigenvalue weighted by Gasteiger charge is 2.24. The third kappa shape index (κ3) is 4.93. The highest BCUT2D eigenvalue weighted by molar-refractivity contribution is 8.00. The second kappa shape index (κ2) is 5.75. The van der Waals surface area contributed by atoms with Crippen molar-refractivity contribution in [1.29, 1.82) is 0 Å². The maximum absolute atomic E-state index is 1.81. The van der Waals surface area contributed by atoms with Crippen molar-refractivity contribution in [3.8, 4) is 0 Å². The van der Waals surface area contributed by atoms with Gasteiger partial charge >= 0.3 is 0 Å². The molecule has 10 heavy (non-hydrogen) atoms. The van der Waals surface area contributed by atoms with E-state index in [1.807, 2.05) is 19.5 Å². The Bertz CT molecular complexity index is 80.0. The fraction of sp³-hybridized carbons (Fsp3) is 0. The van der Waals surface area contributed by atoms with Gasteiger partial charge < -0.3 is 0 Å². The van der Waals surface area contributed by atoms with Crippen molar-refractivity contribution < 1.29 is 0 Å². The summed E-state index contributed by atoms with van der Waals surface area (Å²) < 4.78 is 0. The van der Waals surface area contributed by atoms with Gasteiger partial charge in [0.05, 0.1) is 0 Å². The first-order chi connectivity index (χ1) is 4.50. The minimum Gasteiger partial charge on any atom is -0.0120 e. The van der Waals surface area contributed by atoms with Crippen molar-refractivity contribution in [2.24, 2.45) is 0 Å². The molecule has 0 aliphatic carbocycles. The van der Waals surface area contributed by atoms with E-state index in [1.54, 1.807) is 29.3 Å². The molecule has 0 saturated carbocycles. The maximum atomic E-state index is 1.81. The van der Waals surface area contributed by atoms with Crippen LogP contribution in [0.5, 0.6) is 0 Å². The summed E-state index contributed by atoms with van der Waals surface area (Å²) >= 11 is 0. The molecule has 0 aromatic carbocycles. The normalized spacial score (nSPS) is 25.2. The van der Waals surface area contributed by atoms with Crippen molar-refractivity contribution in [1.82, 2.24) is 0 Å². The largest absolute Gasteiger partial charge is 0.0120 e. The molecule has 0 aliphatic heterocycles. The van der Waals surface area contributed by atoms with Gasteiger partial charge in [-0.1, -0.05) is 0 Å². The number of rotatable bonds is 4. The van der Waals surface area contributed by atoms with Crippen molar-refractivity contribution in [2.45, 2.75) is 0 Å². The maximum Gasteiger partial charge on any atom is -0.00542 e. The van der Waals surface area contributed by atoms with Crippen LogP contribution in [0.1, 0.15) is 0 Å². The lowest BCUT2D eigenvalue weighted by Crippen LogP contribution is -2.62. The smallest absolute Gasteiger partial charge is 0.00542 e. The van der Waals surface area contributed by atoms with Crippen LogP contribution in [0, 0.1) is 0 Å². The molecular formula is H22Si10. The van der Waals surface area contributed by atoms with E-state index in [4.69, 9.17) is 0 Å². The first kappa shape index (κ1) is 12.2.